The summed E-state index contributed by atoms with van der Waals surface area (Å²) < 4.78 is 71.5. The first-order valence-corrected chi connectivity index (χ1v) is 26.5. The van der Waals surface area contributed by atoms with E-state index in [1.54, 1.807) is 0 Å². The molecule has 0 N–H and O–H groups in total. The molecule has 0 fully saturated rings. The van der Waals surface area contributed by atoms with E-state index in [1.807, 2.05) is 84.9 Å². The molecule has 0 aliphatic rings. The highest BCUT2D eigenvalue weighted by Gasteiger charge is 2.19. The maximum absolute atomic E-state index is 9.21. The molecular weight excluding hydrogens is 937 g/mol. The van der Waals surface area contributed by atoms with Crippen LogP contribution in [-0.4, -0.2) is 0 Å². The van der Waals surface area contributed by atoms with Crippen molar-refractivity contribution >= 4 is 108 Å². The Hall–Kier alpha value is -10.1. The normalized spacial score (nSPS) is 13.3. The molecule has 0 saturated carbocycles. The summed E-state index contributed by atoms with van der Waals surface area (Å²) in [5, 5.41) is 20.7. The zero-order valence-electron chi connectivity index (χ0n) is 50.1. The number of fused-ring (bicyclic) bond motifs is 4. The van der Waals surface area contributed by atoms with Gasteiger partial charge >= 0.3 is 0 Å². The first-order valence-electron chi connectivity index (χ1n) is 30.5. The molecule has 0 aliphatic carbocycles. The third kappa shape index (κ3) is 7.01. The fraction of sp³-hybridized carbons (Fsp3) is 0. The second-order valence-electron chi connectivity index (χ2n) is 20.4. The maximum Gasteiger partial charge on any atom is 0.0629 e. The van der Waals surface area contributed by atoms with Crippen molar-refractivity contribution in [3.05, 3.63) is 291 Å². The van der Waals surface area contributed by atoms with Gasteiger partial charge in [-0.1, -0.05) is 285 Å². The van der Waals surface area contributed by atoms with Crippen LogP contribution in [0.4, 0.5) is 0 Å². The average Bonchev–Trinajstić information content (AvgIpc) is 0.759. The molecule has 0 amide bonds. The Balaban J connectivity index is 0.000000143. The van der Waals surface area contributed by atoms with Crippen molar-refractivity contribution in [1.82, 2.24) is 0 Å². The molecule has 17 rings (SSSR count). The largest absolute Gasteiger partial charge is 0.0629 e. The first-order chi connectivity index (χ1) is 42.0. The molecule has 17 aromatic carbocycles. The van der Waals surface area contributed by atoms with Crippen LogP contribution in [-0.2, 0) is 0 Å². The van der Waals surface area contributed by atoms with Crippen molar-refractivity contribution in [2.24, 2.45) is 0 Å². The van der Waals surface area contributed by atoms with E-state index in [1.165, 1.54) is 86.9 Å². The fourth-order valence-electron chi connectivity index (χ4n) is 12.6. The van der Waals surface area contributed by atoms with Gasteiger partial charge in [-0.3, -0.25) is 0 Å². The Morgan fingerprint density at radius 1 is 0.192 bits per heavy atom. The number of hydrogen-bond acceptors (Lipinski definition) is 0. The predicted molar refractivity (Wildman–Crippen MR) is 337 cm³/mol. The van der Waals surface area contributed by atoms with Gasteiger partial charge in [-0.2, -0.15) is 0 Å². The van der Waals surface area contributed by atoms with E-state index >= 15 is 0 Å². The van der Waals surface area contributed by atoms with E-state index in [4.69, 9.17) is 5.48 Å². The lowest BCUT2D eigenvalue weighted by molar-refractivity contribution is 1.63. The van der Waals surface area contributed by atoms with Crippen molar-refractivity contribution in [2.45, 2.75) is 0 Å². The summed E-state index contributed by atoms with van der Waals surface area (Å²) in [6.45, 7) is 0. The third-order valence-corrected chi connectivity index (χ3v) is 16.3. The van der Waals surface area contributed by atoms with Gasteiger partial charge in [0.05, 0.1) is 11.0 Å². The van der Waals surface area contributed by atoms with Crippen molar-refractivity contribution in [3.63, 3.8) is 0 Å². The summed E-state index contributed by atoms with van der Waals surface area (Å²) in [5.41, 5.74) is 8.93. The van der Waals surface area contributed by atoms with Crippen LogP contribution in [0.5, 0.6) is 0 Å². The minimum atomic E-state index is -0.411. The molecule has 78 heavy (non-hydrogen) atoms. The van der Waals surface area contributed by atoms with Crippen molar-refractivity contribution in [1.29, 1.82) is 0 Å². The smallest absolute Gasteiger partial charge is 0.0616 e. The highest BCUT2D eigenvalue weighted by molar-refractivity contribution is 6.27. The Morgan fingerprint density at radius 2 is 0.564 bits per heavy atom. The van der Waals surface area contributed by atoms with Crippen molar-refractivity contribution in [2.75, 3.05) is 0 Å². The Labute approximate surface area is 463 Å². The highest BCUT2D eigenvalue weighted by atomic mass is 14.2. The Kier molecular flexibility index (Phi) is 8.36. The molecule has 0 aliphatic heterocycles. The SMILES string of the molecule is [2H]c1c([2H])c([2H])c2c(-c3cccc4ccccc34)c3c([2H])c([2H])c([2H])c([2H])c3c(-c3ccc(-c4ccc5ccccc5c4)cc3)c2c1[2H].c1cc2ccc3ccc(-c4ccc(-c5ccc6ccc7cccc8ccc5c6c78)cc4)c4ccc(c1)c2c34. The third-order valence-electron chi connectivity index (χ3n) is 16.3. The lowest BCUT2D eigenvalue weighted by atomic mass is 9.84. The van der Waals surface area contributed by atoms with Gasteiger partial charge in [0.15, 0.2) is 0 Å². The quantitative estimate of drug-likeness (QED) is 0.119. The topological polar surface area (TPSA) is 0 Å². The van der Waals surface area contributed by atoms with Gasteiger partial charge in [-0.05, 0) is 169 Å². The number of rotatable bonds is 5. The van der Waals surface area contributed by atoms with E-state index < -0.39 is 24.2 Å². The van der Waals surface area contributed by atoms with Crippen LogP contribution in [0, 0.1) is 0 Å². The number of hydrogen-bond donors (Lipinski definition) is 0. The Morgan fingerprint density at radius 3 is 1.12 bits per heavy atom. The molecule has 0 heterocycles. The second-order valence-corrected chi connectivity index (χ2v) is 20.4. The summed E-state index contributed by atoms with van der Waals surface area (Å²) in [6, 6.07) is 82.1. The molecular formula is C78H48. The lowest BCUT2D eigenvalue weighted by Gasteiger charge is -2.19. The lowest BCUT2D eigenvalue weighted by Crippen LogP contribution is -1.91. The van der Waals surface area contributed by atoms with Crippen LogP contribution in [0.3, 0.4) is 0 Å². The van der Waals surface area contributed by atoms with Crippen LogP contribution in [0.1, 0.15) is 11.0 Å². The molecule has 0 unspecified atom stereocenters. The van der Waals surface area contributed by atoms with E-state index in [9.17, 15) is 5.48 Å². The molecule has 0 bridgehead atoms. The van der Waals surface area contributed by atoms with Crippen LogP contribution in [0.2, 0.25) is 0 Å². The fourth-order valence-corrected chi connectivity index (χ4v) is 12.6. The standard InChI is InChI=1S/C40H26.C38H22/c1-2-12-31-26-32(25-22-27(31)10-1)28-20-23-30(24-21-28)39-35-15-5-7-17-37(35)40(38-18-8-6-16-36(38)39)34-19-9-13-29-11-3-4-14-33(29)34;1-3-25-11-13-29-15-19-31(33-21-17-27(5-1)35(25)37(29)33)23-7-9-24(10-8-23)32-20-16-30-14-12-26-4-2-6-28-18-22-34(32)38(30)36(26)28/h1-26H;1-22H/i5D,6D,7D,8D,15D,16D,17D,18D;. The van der Waals surface area contributed by atoms with Crippen LogP contribution in [0.15, 0.2) is 291 Å². The minimum Gasteiger partial charge on any atom is -0.0616 e. The monoisotopic (exact) mass is 992 g/mol. The van der Waals surface area contributed by atoms with Crippen LogP contribution in [0.25, 0.3) is 163 Å². The molecule has 0 spiro atoms. The van der Waals surface area contributed by atoms with Crippen molar-refractivity contribution < 1.29 is 11.0 Å². The molecule has 0 atom stereocenters. The molecule has 0 aromatic heterocycles. The Bertz CT molecular complexity index is 5390. The van der Waals surface area contributed by atoms with E-state index in [-0.39, 0.29) is 45.7 Å². The van der Waals surface area contributed by atoms with Crippen LogP contribution >= 0.6 is 0 Å². The molecule has 0 heteroatoms. The zero-order valence-corrected chi connectivity index (χ0v) is 42.1. The van der Waals surface area contributed by atoms with Gasteiger partial charge in [-0.15, -0.1) is 0 Å². The molecule has 0 radical (unpaired) electrons. The van der Waals surface area contributed by atoms with Gasteiger partial charge in [-0.25, -0.2) is 0 Å². The predicted octanol–water partition coefficient (Wildman–Crippen LogP) is 22.1. The highest BCUT2D eigenvalue weighted by Crippen LogP contribution is 2.47. The molecule has 0 nitrogen and oxygen atoms in total. The summed E-state index contributed by atoms with van der Waals surface area (Å²) in [6.07, 6.45) is 0. The zero-order chi connectivity index (χ0) is 58.2. The summed E-state index contributed by atoms with van der Waals surface area (Å²) in [5.74, 6) is 0. The van der Waals surface area contributed by atoms with Crippen molar-refractivity contribution in [3.8, 4) is 55.6 Å². The molecule has 0 saturated heterocycles. The first kappa shape index (κ1) is 36.7. The summed E-state index contributed by atoms with van der Waals surface area (Å²) >= 11 is 0. The van der Waals surface area contributed by atoms with Gasteiger partial charge in [0.25, 0.3) is 0 Å². The van der Waals surface area contributed by atoms with E-state index in [0.717, 1.165) is 32.7 Å². The van der Waals surface area contributed by atoms with Gasteiger partial charge < -0.3 is 0 Å². The van der Waals surface area contributed by atoms with Gasteiger partial charge in [0.1, 0.15) is 0 Å². The minimum absolute atomic E-state index is 0.208. The van der Waals surface area contributed by atoms with E-state index in [2.05, 4.69) is 158 Å². The van der Waals surface area contributed by atoms with Crippen LogP contribution < -0.4 is 0 Å². The number of benzene rings is 17. The molecule has 17 aromatic rings. The summed E-state index contributed by atoms with van der Waals surface area (Å²) in [4.78, 5) is 0. The summed E-state index contributed by atoms with van der Waals surface area (Å²) in [7, 11) is 0. The van der Waals surface area contributed by atoms with E-state index in [0.29, 0.717) is 22.3 Å². The van der Waals surface area contributed by atoms with Gasteiger partial charge in [0.2, 0.25) is 0 Å². The second kappa shape index (κ2) is 17.7. The maximum atomic E-state index is 9.21. The molecule has 360 valence electrons. The van der Waals surface area contributed by atoms with Gasteiger partial charge in [0, 0.05) is 0 Å². The average molecular weight is 993 g/mol.